The Bertz CT molecular complexity index is 879. The highest BCUT2D eigenvalue weighted by Crippen LogP contribution is 2.51. The van der Waals surface area contributed by atoms with E-state index < -0.39 is 5.97 Å². The molecule has 3 atom stereocenters. The van der Waals surface area contributed by atoms with Gasteiger partial charge in [0.15, 0.2) is 0 Å². The largest absolute Gasteiger partial charge is 0.497 e. The molecule has 7 nitrogen and oxygen atoms in total. The van der Waals surface area contributed by atoms with Crippen molar-refractivity contribution in [1.82, 2.24) is 10.3 Å². The number of aromatic carboxylic acids is 1. The Morgan fingerprint density at radius 2 is 2.07 bits per heavy atom. The zero-order chi connectivity index (χ0) is 19.7. The van der Waals surface area contributed by atoms with Gasteiger partial charge in [0.05, 0.1) is 26.0 Å². The molecule has 1 amide bonds. The second-order valence-corrected chi connectivity index (χ2v) is 7.59. The van der Waals surface area contributed by atoms with Crippen LogP contribution in [0.5, 0.6) is 11.5 Å². The van der Waals surface area contributed by atoms with Gasteiger partial charge in [0.1, 0.15) is 21.4 Å². The second-order valence-electron chi connectivity index (χ2n) is 6.56. The highest BCUT2D eigenvalue weighted by molar-refractivity contribution is 7.13. The maximum Gasteiger partial charge on any atom is 0.347 e. The minimum Gasteiger partial charge on any atom is -0.497 e. The van der Waals surface area contributed by atoms with E-state index in [-0.39, 0.29) is 28.7 Å². The van der Waals surface area contributed by atoms with Crippen LogP contribution in [0.3, 0.4) is 0 Å². The summed E-state index contributed by atoms with van der Waals surface area (Å²) >= 11 is 1.10. The van der Waals surface area contributed by atoms with Gasteiger partial charge in [-0.05, 0) is 38.5 Å². The fourth-order valence-electron chi connectivity index (χ4n) is 3.14. The van der Waals surface area contributed by atoms with Crippen LogP contribution in [0.1, 0.15) is 51.2 Å². The van der Waals surface area contributed by atoms with E-state index in [1.807, 2.05) is 25.1 Å². The number of hydrogen-bond acceptors (Lipinski definition) is 6. The number of methoxy groups -OCH3 is 2. The summed E-state index contributed by atoms with van der Waals surface area (Å²) < 4.78 is 10.7. The lowest BCUT2D eigenvalue weighted by atomic mass is 10.1. The summed E-state index contributed by atoms with van der Waals surface area (Å²) in [6.07, 6.45) is 0.735. The van der Waals surface area contributed by atoms with Gasteiger partial charge in [-0.15, -0.1) is 11.3 Å². The molecule has 2 aromatic rings. The number of hydrogen-bond donors (Lipinski definition) is 2. The van der Waals surface area contributed by atoms with Gasteiger partial charge in [0, 0.05) is 17.4 Å². The number of carboxylic acids is 1. The normalized spacial score (nSPS) is 19.3. The number of aryl methyl sites for hydroxylation is 1. The fourth-order valence-corrected chi connectivity index (χ4v) is 4.05. The summed E-state index contributed by atoms with van der Waals surface area (Å²) in [6, 6.07) is 5.23. The number of carbonyl (C=O) groups is 2. The first-order chi connectivity index (χ1) is 12.8. The predicted octanol–water partition coefficient (Wildman–Crippen LogP) is 3.15. The van der Waals surface area contributed by atoms with E-state index in [4.69, 9.17) is 14.6 Å². The van der Waals surface area contributed by atoms with Crippen LogP contribution in [0.4, 0.5) is 0 Å². The third-order valence-corrected chi connectivity index (χ3v) is 6.03. The number of benzene rings is 1. The number of nitrogens with one attached hydrogen (secondary N) is 1. The zero-order valence-electron chi connectivity index (χ0n) is 15.6. The molecule has 1 heterocycles. The standard InChI is InChI=1S/C19H22N2O5S/c1-9-16(19(23)24)27-18(21-9)10(2)20-17(22)14-8-12(14)13-7-11(25-3)5-6-15(13)26-4/h5-7,10,12,14H,8H2,1-4H3,(H,20,22)(H,23,24). The molecule has 1 aromatic carbocycles. The molecule has 8 heteroatoms. The Morgan fingerprint density at radius 3 is 2.67 bits per heavy atom. The molecule has 0 radical (unpaired) electrons. The number of nitrogens with zero attached hydrogens (tertiary/aromatic N) is 1. The van der Waals surface area contributed by atoms with E-state index >= 15 is 0 Å². The lowest BCUT2D eigenvalue weighted by Crippen LogP contribution is -2.28. The number of carboxylic acid groups (broad SMARTS) is 1. The molecule has 1 aromatic heterocycles. The molecule has 2 N–H and O–H groups in total. The Balaban J connectivity index is 1.68. The van der Waals surface area contributed by atoms with E-state index in [2.05, 4.69) is 10.3 Å². The zero-order valence-corrected chi connectivity index (χ0v) is 16.4. The summed E-state index contributed by atoms with van der Waals surface area (Å²) in [4.78, 5) is 28.3. The first-order valence-electron chi connectivity index (χ1n) is 8.58. The van der Waals surface area contributed by atoms with Gasteiger partial charge < -0.3 is 19.9 Å². The van der Waals surface area contributed by atoms with E-state index in [0.29, 0.717) is 10.7 Å². The van der Waals surface area contributed by atoms with Crippen molar-refractivity contribution in [2.24, 2.45) is 5.92 Å². The smallest absolute Gasteiger partial charge is 0.347 e. The maximum absolute atomic E-state index is 12.6. The SMILES string of the molecule is COc1ccc(OC)c(C2CC2C(=O)NC(C)c2nc(C)c(C(=O)O)s2)c1. The van der Waals surface area contributed by atoms with Crippen LogP contribution in [0.25, 0.3) is 0 Å². The Hall–Kier alpha value is -2.61. The van der Waals surface area contributed by atoms with Crippen LogP contribution < -0.4 is 14.8 Å². The van der Waals surface area contributed by atoms with E-state index in [1.165, 1.54) is 0 Å². The van der Waals surface area contributed by atoms with Gasteiger partial charge in [-0.1, -0.05) is 0 Å². The van der Waals surface area contributed by atoms with E-state index in [1.54, 1.807) is 21.1 Å². The number of rotatable bonds is 7. The average molecular weight is 390 g/mol. The molecule has 1 saturated carbocycles. The van der Waals surface area contributed by atoms with Crippen molar-refractivity contribution in [2.75, 3.05) is 14.2 Å². The molecule has 1 fully saturated rings. The van der Waals surface area contributed by atoms with Gasteiger partial charge in [-0.2, -0.15) is 0 Å². The van der Waals surface area contributed by atoms with Crippen molar-refractivity contribution >= 4 is 23.2 Å². The predicted molar refractivity (Wildman–Crippen MR) is 101 cm³/mol. The third kappa shape index (κ3) is 3.90. The van der Waals surface area contributed by atoms with Gasteiger partial charge in [0.2, 0.25) is 5.91 Å². The van der Waals surface area contributed by atoms with Crippen LogP contribution in [0.2, 0.25) is 0 Å². The highest BCUT2D eigenvalue weighted by atomic mass is 32.1. The molecular formula is C19H22N2O5S. The van der Waals surface area contributed by atoms with Crippen molar-refractivity contribution < 1.29 is 24.2 Å². The lowest BCUT2D eigenvalue weighted by Gasteiger charge is -2.12. The Labute approximate surface area is 161 Å². The van der Waals surface area contributed by atoms with Gasteiger partial charge in [0.25, 0.3) is 0 Å². The Morgan fingerprint density at radius 1 is 1.33 bits per heavy atom. The van der Waals surface area contributed by atoms with Gasteiger partial charge >= 0.3 is 5.97 Å². The molecule has 3 rings (SSSR count). The topological polar surface area (TPSA) is 97.8 Å². The molecule has 144 valence electrons. The van der Waals surface area contributed by atoms with Crippen LogP contribution in [0.15, 0.2) is 18.2 Å². The minimum atomic E-state index is -0.998. The number of amides is 1. The molecule has 1 aliphatic carbocycles. The molecule has 0 aliphatic heterocycles. The monoisotopic (exact) mass is 390 g/mol. The van der Waals surface area contributed by atoms with Crippen molar-refractivity contribution in [3.63, 3.8) is 0 Å². The fraction of sp³-hybridized carbons (Fsp3) is 0.421. The second kappa shape index (κ2) is 7.56. The van der Waals surface area contributed by atoms with Crippen LogP contribution in [-0.2, 0) is 4.79 Å². The van der Waals surface area contributed by atoms with Crippen molar-refractivity contribution in [3.05, 3.63) is 39.3 Å². The number of carbonyl (C=O) groups excluding carboxylic acids is 1. The minimum absolute atomic E-state index is 0.0675. The molecule has 1 aliphatic rings. The van der Waals surface area contributed by atoms with Crippen molar-refractivity contribution in [3.8, 4) is 11.5 Å². The van der Waals surface area contributed by atoms with Crippen LogP contribution in [0, 0.1) is 12.8 Å². The first kappa shape index (κ1) is 19.2. The van der Waals surface area contributed by atoms with Crippen LogP contribution >= 0.6 is 11.3 Å². The van der Waals surface area contributed by atoms with Gasteiger partial charge in [-0.25, -0.2) is 9.78 Å². The summed E-state index contributed by atoms with van der Waals surface area (Å²) in [7, 11) is 3.21. The highest BCUT2D eigenvalue weighted by Gasteiger charge is 2.46. The van der Waals surface area contributed by atoms with Crippen molar-refractivity contribution in [1.29, 1.82) is 0 Å². The molecule has 0 bridgehead atoms. The molecule has 27 heavy (non-hydrogen) atoms. The summed E-state index contributed by atoms with van der Waals surface area (Å²) in [5, 5.41) is 12.7. The first-order valence-corrected chi connectivity index (χ1v) is 9.40. The Kier molecular flexibility index (Phi) is 5.36. The van der Waals surface area contributed by atoms with E-state index in [9.17, 15) is 9.59 Å². The molecule has 0 spiro atoms. The average Bonchev–Trinajstić information content (AvgIpc) is 3.35. The number of aromatic nitrogens is 1. The number of ether oxygens (including phenoxy) is 2. The summed E-state index contributed by atoms with van der Waals surface area (Å²) in [5.41, 5.74) is 1.43. The maximum atomic E-state index is 12.6. The van der Waals surface area contributed by atoms with Crippen LogP contribution in [-0.4, -0.2) is 36.2 Å². The molecule has 3 unspecified atom stereocenters. The van der Waals surface area contributed by atoms with E-state index in [0.717, 1.165) is 34.8 Å². The quantitative estimate of drug-likeness (QED) is 0.754. The number of thiazole rings is 1. The third-order valence-electron chi connectivity index (χ3n) is 4.70. The van der Waals surface area contributed by atoms with Gasteiger partial charge in [-0.3, -0.25) is 4.79 Å². The van der Waals surface area contributed by atoms with Crippen molar-refractivity contribution in [2.45, 2.75) is 32.2 Å². The summed E-state index contributed by atoms with van der Waals surface area (Å²) in [5.74, 6) is 0.336. The summed E-state index contributed by atoms with van der Waals surface area (Å²) in [6.45, 7) is 3.47. The lowest BCUT2D eigenvalue weighted by molar-refractivity contribution is -0.123. The molecular weight excluding hydrogens is 368 g/mol. The molecule has 0 saturated heterocycles.